The van der Waals surface area contributed by atoms with Crippen LogP contribution in [0.5, 0.6) is 0 Å². The lowest BCUT2D eigenvalue weighted by Crippen LogP contribution is -2.49. The first-order valence-electron chi connectivity index (χ1n) is 5.98. The van der Waals surface area contributed by atoms with Crippen LogP contribution in [0.1, 0.15) is 19.8 Å². The van der Waals surface area contributed by atoms with Gasteiger partial charge >= 0.3 is 5.97 Å². The second kappa shape index (κ2) is 7.24. The van der Waals surface area contributed by atoms with Crippen LogP contribution in [0.15, 0.2) is 0 Å². The van der Waals surface area contributed by atoms with E-state index in [0.29, 0.717) is 19.6 Å². The Morgan fingerprint density at radius 3 is 2.88 bits per heavy atom. The highest BCUT2D eigenvalue weighted by Gasteiger charge is 2.23. The van der Waals surface area contributed by atoms with Crippen molar-refractivity contribution in [1.82, 2.24) is 10.6 Å². The van der Waals surface area contributed by atoms with E-state index in [-0.39, 0.29) is 12.5 Å². The van der Waals surface area contributed by atoms with E-state index in [0.717, 1.165) is 13.0 Å². The summed E-state index contributed by atoms with van der Waals surface area (Å²) in [4.78, 5) is 22.5. The zero-order valence-corrected chi connectivity index (χ0v) is 10.1. The van der Waals surface area contributed by atoms with E-state index in [4.69, 9.17) is 9.84 Å². The standard InChI is InChI=1S/C11H20N2O4/c1-2-3-8(11(15)16)6-13-10(14)9-7-12-4-5-17-9/h8-9,12H,2-7H2,1H3,(H,13,14)(H,15,16). The molecule has 98 valence electrons. The lowest BCUT2D eigenvalue weighted by molar-refractivity contribution is -0.142. The molecule has 0 saturated carbocycles. The van der Waals surface area contributed by atoms with Gasteiger partial charge in [-0.2, -0.15) is 0 Å². The topological polar surface area (TPSA) is 87.7 Å². The molecule has 17 heavy (non-hydrogen) atoms. The fourth-order valence-electron chi connectivity index (χ4n) is 1.73. The molecule has 1 heterocycles. The molecule has 0 radical (unpaired) electrons. The van der Waals surface area contributed by atoms with Crippen LogP contribution in [-0.4, -0.2) is 49.3 Å². The molecule has 1 aliphatic heterocycles. The molecule has 2 unspecified atom stereocenters. The number of carbonyl (C=O) groups excluding carboxylic acids is 1. The van der Waals surface area contributed by atoms with Gasteiger partial charge in [0.25, 0.3) is 0 Å². The number of aliphatic carboxylic acids is 1. The SMILES string of the molecule is CCCC(CNC(=O)C1CNCCO1)C(=O)O. The Kier molecular flexibility index (Phi) is 5.93. The van der Waals surface area contributed by atoms with Crippen LogP contribution in [-0.2, 0) is 14.3 Å². The summed E-state index contributed by atoms with van der Waals surface area (Å²) in [6, 6.07) is 0. The maximum atomic E-state index is 11.7. The highest BCUT2D eigenvalue weighted by molar-refractivity contribution is 5.81. The summed E-state index contributed by atoms with van der Waals surface area (Å²) in [5, 5.41) is 14.6. The largest absolute Gasteiger partial charge is 0.481 e. The monoisotopic (exact) mass is 244 g/mol. The minimum absolute atomic E-state index is 0.169. The van der Waals surface area contributed by atoms with Crippen molar-refractivity contribution in [1.29, 1.82) is 0 Å². The maximum absolute atomic E-state index is 11.7. The van der Waals surface area contributed by atoms with Crippen molar-refractivity contribution in [2.45, 2.75) is 25.9 Å². The van der Waals surface area contributed by atoms with Gasteiger partial charge in [0.1, 0.15) is 6.10 Å². The van der Waals surface area contributed by atoms with Crippen LogP contribution in [0.2, 0.25) is 0 Å². The average molecular weight is 244 g/mol. The van der Waals surface area contributed by atoms with E-state index < -0.39 is 18.0 Å². The van der Waals surface area contributed by atoms with Gasteiger partial charge in [0.05, 0.1) is 12.5 Å². The summed E-state index contributed by atoms with van der Waals surface area (Å²) >= 11 is 0. The van der Waals surface area contributed by atoms with E-state index in [1.165, 1.54) is 0 Å². The van der Waals surface area contributed by atoms with Crippen LogP contribution < -0.4 is 10.6 Å². The van der Waals surface area contributed by atoms with Gasteiger partial charge in [-0.25, -0.2) is 0 Å². The number of amides is 1. The van der Waals surface area contributed by atoms with Gasteiger partial charge in [-0.3, -0.25) is 9.59 Å². The van der Waals surface area contributed by atoms with Gasteiger partial charge in [0.2, 0.25) is 5.91 Å². The van der Waals surface area contributed by atoms with Crippen molar-refractivity contribution in [3.8, 4) is 0 Å². The highest BCUT2D eigenvalue weighted by atomic mass is 16.5. The zero-order valence-electron chi connectivity index (χ0n) is 10.1. The number of nitrogens with one attached hydrogen (secondary N) is 2. The van der Waals surface area contributed by atoms with E-state index in [1.54, 1.807) is 0 Å². The molecular weight excluding hydrogens is 224 g/mol. The average Bonchev–Trinajstić information content (AvgIpc) is 2.34. The summed E-state index contributed by atoms with van der Waals surface area (Å²) in [5.74, 6) is -1.62. The van der Waals surface area contributed by atoms with Gasteiger partial charge in [-0.15, -0.1) is 0 Å². The Hall–Kier alpha value is -1.14. The molecule has 1 aliphatic rings. The third kappa shape index (κ3) is 4.70. The molecule has 1 rings (SSSR count). The fraction of sp³-hybridized carbons (Fsp3) is 0.818. The van der Waals surface area contributed by atoms with E-state index in [2.05, 4.69) is 10.6 Å². The minimum Gasteiger partial charge on any atom is -0.481 e. The highest BCUT2D eigenvalue weighted by Crippen LogP contribution is 2.05. The summed E-state index contributed by atoms with van der Waals surface area (Å²) in [6.45, 7) is 3.83. The van der Waals surface area contributed by atoms with Crippen molar-refractivity contribution in [2.24, 2.45) is 5.92 Å². The molecule has 6 nitrogen and oxygen atoms in total. The molecule has 0 spiro atoms. The van der Waals surface area contributed by atoms with E-state index in [9.17, 15) is 9.59 Å². The third-order valence-electron chi connectivity index (χ3n) is 2.73. The first-order chi connectivity index (χ1) is 8.15. The van der Waals surface area contributed by atoms with Crippen molar-refractivity contribution < 1.29 is 19.4 Å². The molecule has 2 atom stereocenters. The smallest absolute Gasteiger partial charge is 0.308 e. The molecule has 6 heteroatoms. The Labute approximate surface area is 101 Å². The Morgan fingerprint density at radius 1 is 1.59 bits per heavy atom. The summed E-state index contributed by atoms with van der Waals surface area (Å²) in [6.07, 6.45) is 0.855. The molecule has 0 aromatic carbocycles. The lowest BCUT2D eigenvalue weighted by Gasteiger charge is -2.23. The Bertz CT molecular complexity index is 264. The molecule has 0 aromatic rings. The number of ether oxygens (including phenoxy) is 1. The van der Waals surface area contributed by atoms with E-state index >= 15 is 0 Å². The number of hydrogen-bond donors (Lipinski definition) is 3. The Morgan fingerprint density at radius 2 is 2.35 bits per heavy atom. The van der Waals surface area contributed by atoms with Crippen LogP contribution in [0, 0.1) is 5.92 Å². The predicted octanol–water partition coefficient (Wildman–Crippen LogP) is -0.408. The quantitative estimate of drug-likeness (QED) is 0.591. The predicted molar refractivity (Wildman–Crippen MR) is 61.7 cm³/mol. The van der Waals surface area contributed by atoms with Crippen LogP contribution in [0.4, 0.5) is 0 Å². The normalized spacial score (nSPS) is 21.8. The number of morpholine rings is 1. The number of carbonyl (C=O) groups is 2. The molecule has 0 bridgehead atoms. The zero-order chi connectivity index (χ0) is 12.7. The first-order valence-corrected chi connectivity index (χ1v) is 5.98. The number of hydrogen-bond acceptors (Lipinski definition) is 4. The summed E-state index contributed by atoms with van der Waals surface area (Å²) < 4.78 is 5.27. The van der Waals surface area contributed by atoms with Crippen molar-refractivity contribution >= 4 is 11.9 Å². The molecule has 3 N–H and O–H groups in total. The number of carboxylic acid groups (broad SMARTS) is 1. The second-order valence-corrected chi connectivity index (χ2v) is 4.13. The van der Waals surface area contributed by atoms with Gasteiger partial charge in [0.15, 0.2) is 0 Å². The number of carboxylic acids is 1. The van der Waals surface area contributed by atoms with Gasteiger partial charge in [-0.05, 0) is 6.42 Å². The third-order valence-corrected chi connectivity index (χ3v) is 2.73. The van der Waals surface area contributed by atoms with Gasteiger partial charge in [0, 0.05) is 19.6 Å². The molecule has 1 amide bonds. The first kappa shape index (κ1) is 13.9. The minimum atomic E-state index is -0.866. The van der Waals surface area contributed by atoms with Crippen LogP contribution in [0.3, 0.4) is 0 Å². The van der Waals surface area contributed by atoms with E-state index in [1.807, 2.05) is 6.92 Å². The van der Waals surface area contributed by atoms with Gasteiger partial charge < -0.3 is 20.5 Å². The lowest BCUT2D eigenvalue weighted by atomic mass is 10.0. The second-order valence-electron chi connectivity index (χ2n) is 4.13. The summed E-state index contributed by atoms with van der Waals surface area (Å²) in [7, 11) is 0. The van der Waals surface area contributed by atoms with Crippen molar-refractivity contribution in [3.05, 3.63) is 0 Å². The molecule has 1 fully saturated rings. The fourth-order valence-corrected chi connectivity index (χ4v) is 1.73. The van der Waals surface area contributed by atoms with Crippen LogP contribution in [0.25, 0.3) is 0 Å². The Balaban J connectivity index is 2.32. The summed E-state index contributed by atoms with van der Waals surface area (Å²) in [5.41, 5.74) is 0. The van der Waals surface area contributed by atoms with Crippen LogP contribution >= 0.6 is 0 Å². The van der Waals surface area contributed by atoms with Crippen molar-refractivity contribution in [3.63, 3.8) is 0 Å². The molecule has 1 saturated heterocycles. The number of rotatable bonds is 6. The molecule has 0 aromatic heterocycles. The van der Waals surface area contributed by atoms with Gasteiger partial charge in [-0.1, -0.05) is 13.3 Å². The maximum Gasteiger partial charge on any atom is 0.308 e. The molecular formula is C11H20N2O4. The van der Waals surface area contributed by atoms with Crippen molar-refractivity contribution in [2.75, 3.05) is 26.2 Å². The molecule has 0 aliphatic carbocycles.